The lowest BCUT2D eigenvalue weighted by atomic mass is 10.0. The van der Waals surface area contributed by atoms with Gasteiger partial charge >= 0.3 is 24.3 Å². The van der Waals surface area contributed by atoms with Gasteiger partial charge in [0.2, 0.25) is 0 Å². The second-order valence-electron chi connectivity index (χ2n) is 10.2. The van der Waals surface area contributed by atoms with Gasteiger partial charge < -0.3 is 30.8 Å². The maximum Gasteiger partial charge on any atom is 0.389 e. The third-order valence-electron chi connectivity index (χ3n) is 6.44. The number of nitrogens with two attached hydrogens (primary N) is 2. The second-order valence-corrected chi connectivity index (χ2v) is 10.2. The smallest absolute Gasteiger partial charge is 0.389 e. The van der Waals surface area contributed by atoms with Crippen molar-refractivity contribution < 1.29 is 55.2 Å². The lowest BCUT2D eigenvalue weighted by Gasteiger charge is -2.15. The summed E-state index contributed by atoms with van der Waals surface area (Å²) in [5.41, 5.74) is 13.9. The first-order valence-electron chi connectivity index (χ1n) is 14.0. The summed E-state index contributed by atoms with van der Waals surface area (Å²) in [4.78, 5) is 24.7. The van der Waals surface area contributed by atoms with Crippen molar-refractivity contribution in [2.24, 2.45) is 0 Å². The van der Waals surface area contributed by atoms with Gasteiger partial charge in [0.15, 0.2) is 11.5 Å². The highest BCUT2D eigenvalue weighted by molar-refractivity contribution is 5.93. The van der Waals surface area contributed by atoms with E-state index in [0.717, 1.165) is 5.56 Å². The van der Waals surface area contributed by atoms with Gasteiger partial charge in [-0.3, -0.25) is 0 Å². The summed E-state index contributed by atoms with van der Waals surface area (Å²) < 4.78 is 91.0. The van der Waals surface area contributed by atoms with E-state index in [-0.39, 0.29) is 47.8 Å². The van der Waals surface area contributed by atoms with E-state index in [2.05, 4.69) is 0 Å². The SMILES string of the molecule is Nc1ccc(CC/C(=C\c2ccc(OC(=O)c3ccc(OCCCC(F)(F)F)c(OCCCC(F)(F)F)c3)cc2)C(=O)O)c(N)c1. The van der Waals surface area contributed by atoms with E-state index in [1.54, 1.807) is 18.2 Å². The molecule has 0 aromatic heterocycles. The van der Waals surface area contributed by atoms with E-state index in [9.17, 15) is 41.0 Å². The van der Waals surface area contributed by atoms with Crippen molar-refractivity contribution in [1.82, 2.24) is 0 Å². The molecule has 46 heavy (non-hydrogen) atoms. The number of anilines is 2. The minimum atomic E-state index is -4.40. The summed E-state index contributed by atoms with van der Waals surface area (Å²) in [6.45, 7) is -0.736. The van der Waals surface area contributed by atoms with E-state index in [4.69, 9.17) is 25.7 Å². The van der Waals surface area contributed by atoms with Crippen LogP contribution in [0.4, 0.5) is 37.7 Å². The van der Waals surface area contributed by atoms with Crippen molar-refractivity contribution in [2.45, 2.75) is 50.9 Å². The van der Waals surface area contributed by atoms with Gasteiger partial charge in [0, 0.05) is 29.8 Å². The molecule has 3 rings (SSSR count). The maximum atomic E-state index is 12.8. The number of esters is 1. The number of hydrogen-bond donors (Lipinski definition) is 3. The Morgan fingerprint density at radius 2 is 1.39 bits per heavy atom. The first-order valence-corrected chi connectivity index (χ1v) is 14.0. The lowest BCUT2D eigenvalue weighted by Crippen LogP contribution is -2.12. The Kier molecular flexibility index (Phi) is 12.3. The van der Waals surface area contributed by atoms with Crippen LogP contribution in [0.1, 0.15) is 53.6 Å². The second kappa shape index (κ2) is 15.9. The zero-order valence-corrected chi connectivity index (χ0v) is 24.4. The van der Waals surface area contributed by atoms with Crippen molar-refractivity contribution in [1.29, 1.82) is 0 Å². The van der Waals surface area contributed by atoms with Crippen LogP contribution in [0.15, 0.2) is 66.2 Å². The molecule has 0 fully saturated rings. The van der Waals surface area contributed by atoms with E-state index >= 15 is 0 Å². The van der Waals surface area contributed by atoms with Crippen LogP contribution in [0.3, 0.4) is 0 Å². The van der Waals surface area contributed by atoms with Crippen LogP contribution in [0.5, 0.6) is 17.2 Å². The van der Waals surface area contributed by atoms with Crippen LogP contribution in [0.2, 0.25) is 0 Å². The number of alkyl halides is 6. The molecule has 3 aromatic carbocycles. The number of halogens is 6. The van der Waals surface area contributed by atoms with Crippen LogP contribution in [-0.2, 0) is 11.2 Å². The van der Waals surface area contributed by atoms with Crippen LogP contribution in [-0.4, -0.2) is 42.6 Å². The Labute approximate surface area is 260 Å². The predicted molar refractivity (Wildman–Crippen MR) is 159 cm³/mol. The molecule has 0 aliphatic rings. The number of nitrogen functional groups attached to an aromatic ring is 2. The van der Waals surface area contributed by atoms with Crippen LogP contribution >= 0.6 is 0 Å². The zero-order chi connectivity index (χ0) is 33.9. The molecule has 0 bridgehead atoms. The van der Waals surface area contributed by atoms with Gasteiger partial charge in [0.05, 0.1) is 18.8 Å². The van der Waals surface area contributed by atoms with Gasteiger partial charge in [0.25, 0.3) is 0 Å². The monoisotopic (exact) mass is 654 g/mol. The number of carbonyl (C=O) groups excluding carboxylic acids is 1. The van der Waals surface area contributed by atoms with Crippen molar-refractivity contribution in [3.05, 3.63) is 82.9 Å². The number of carbonyl (C=O) groups is 2. The molecule has 8 nitrogen and oxygen atoms in total. The summed E-state index contributed by atoms with van der Waals surface area (Å²) in [6.07, 6.45) is -9.74. The number of hydrogen-bond acceptors (Lipinski definition) is 7. The molecular weight excluding hydrogens is 622 g/mol. The number of carboxylic acids is 1. The number of carboxylic acid groups (broad SMARTS) is 1. The minimum Gasteiger partial charge on any atom is -0.490 e. The average molecular weight is 655 g/mol. The Morgan fingerprint density at radius 3 is 1.96 bits per heavy atom. The molecule has 0 aliphatic heterocycles. The molecule has 14 heteroatoms. The maximum absolute atomic E-state index is 12.8. The molecule has 0 radical (unpaired) electrons. The molecule has 0 aliphatic carbocycles. The molecule has 248 valence electrons. The summed E-state index contributed by atoms with van der Waals surface area (Å²) in [7, 11) is 0. The molecule has 3 aromatic rings. The average Bonchev–Trinajstić information content (AvgIpc) is 2.96. The predicted octanol–water partition coefficient (Wildman–Crippen LogP) is 7.61. The molecule has 5 N–H and O–H groups in total. The highest BCUT2D eigenvalue weighted by Gasteiger charge is 2.27. The number of aryl methyl sites for hydroxylation is 1. The molecule has 0 atom stereocenters. The Hall–Kier alpha value is -4.88. The van der Waals surface area contributed by atoms with Crippen molar-refractivity contribution >= 4 is 29.4 Å². The van der Waals surface area contributed by atoms with Crippen molar-refractivity contribution in [2.75, 3.05) is 24.7 Å². The van der Waals surface area contributed by atoms with Crippen molar-refractivity contribution in [3.63, 3.8) is 0 Å². The number of rotatable bonds is 15. The van der Waals surface area contributed by atoms with Gasteiger partial charge in [-0.15, -0.1) is 0 Å². The molecule has 0 heterocycles. The summed E-state index contributed by atoms with van der Waals surface area (Å²) in [5, 5.41) is 9.66. The number of aliphatic carboxylic acids is 1. The topological polar surface area (TPSA) is 134 Å². The standard InChI is InChI=1S/C32H32F6N2O6/c33-31(34,35)13-1-15-44-27-12-8-23(18-28(27)45-16-2-14-32(36,37)38)30(43)46-25-10-3-20(4-11-25)17-22(29(41)42)6-5-21-7-9-24(39)19-26(21)40/h3-4,7-12,17-19H,1-2,5-6,13-16,39-40H2,(H,41,42)/b22-17+. The number of benzene rings is 3. The van der Waals surface area contributed by atoms with Crippen molar-refractivity contribution in [3.8, 4) is 17.2 Å². The highest BCUT2D eigenvalue weighted by atomic mass is 19.4. The zero-order valence-electron chi connectivity index (χ0n) is 24.4. The summed E-state index contributed by atoms with van der Waals surface area (Å²) in [6, 6.07) is 14.6. The fourth-order valence-corrected chi connectivity index (χ4v) is 4.13. The lowest BCUT2D eigenvalue weighted by molar-refractivity contribution is -0.137. The van der Waals surface area contributed by atoms with Gasteiger partial charge in [-0.2, -0.15) is 26.3 Å². The first-order chi connectivity index (χ1) is 21.6. The Bertz CT molecular complexity index is 1520. The van der Waals surface area contributed by atoms with Gasteiger partial charge in [-0.1, -0.05) is 18.2 Å². The summed E-state index contributed by atoms with van der Waals surface area (Å²) >= 11 is 0. The van der Waals surface area contributed by atoms with Crippen LogP contribution < -0.4 is 25.7 Å². The quantitative estimate of drug-likeness (QED) is 0.0381. The third kappa shape index (κ3) is 12.3. The van der Waals surface area contributed by atoms with Gasteiger partial charge in [0.1, 0.15) is 5.75 Å². The molecule has 0 amide bonds. The van der Waals surface area contributed by atoms with Crippen LogP contribution in [0.25, 0.3) is 6.08 Å². The highest BCUT2D eigenvalue weighted by Crippen LogP contribution is 2.31. The number of ether oxygens (including phenoxy) is 3. The Morgan fingerprint density at radius 1 is 0.783 bits per heavy atom. The Balaban J connectivity index is 1.68. The molecule has 0 saturated heterocycles. The first kappa shape index (κ1) is 35.6. The third-order valence-corrected chi connectivity index (χ3v) is 6.44. The normalized spacial score (nSPS) is 12.1. The van der Waals surface area contributed by atoms with E-state index in [1.165, 1.54) is 48.5 Å². The largest absolute Gasteiger partial charge is 0.490 e. The minimum absolute atomic E-state index is 0.0461. The van der Waals surface area contributed by atoms with Gasteiger partial charge in [-0.05, 0) is 85.4 Å². The van der Waals surface area contributed by atoms with Crippen LogP contribution in [0, 0.1) is 0 Å². The van der Waals surface area contributed by atoms with Gasteiger partial charge in [-0.25, -0.2) is 9.59 Å². The fraction of sp³-hybridized carbons (Fsp3) is 0.312. The van der Waals surface area contributed by atoms with E-state index < -0.39 is 50.2 Å². The molecule has 0 saturated carbocycles. The fourth-order valence-electron chi connectivity index (χ4n) is 4.13. The summed E-state index contributed by atoms with van der Waals surface area (Å²) in [5.74, 6) is -2.05. The molecule has 0 unspecified atom stereocenters. The van der Waals surface area contributed by atoms with E-state index in [0.29, 0.717) is 23.4 Å². The molecule has 0 spiro atoms. The van der Waals surface area contributed by atoms with E-state index in [1.807, 2.05) is 0 Å². The molecular formula is C32H32F6N2O6.